The standard InChI is InChI=1S/C21H30O12/c1-29-12-7-10(3-2-6-22)4-5-11(12)31-21-19(28)17(26)16(25)14(33-21)9-30-20-18(27)15(24)13(8-23)32-20/h2-5,7,13-28H,6,8-9H2,1H3/t13-,14-,15-,16-,17+,18-,19-,20-,21+/m1/s1. The molecule has 12 nitrogen and oxygen atoms in total. The summed E-state index contributed by atoms with van der Waals surface area (Å²) in [6.45, 7) is -1.05. The largest absolute Gasteiger partial charge is 0.493 e. The van der Waals surface area contributed by atoms with Crippen LogP contribution in [0.5, 0.6) is 11.5 Å². The van der Waals surface area contributed by atoms with Crippen molar-refractivity contribution in [2.75, 3.05) is 26.9 Å². The Hall–Kier alpha value is -1.84. The van der Waals surface area contributed by atoms with Gasteiger partial charge in [0.1, 0.15) is 42.7 Å². The molecule has 0 aromatic heterocycles. The molecule has 0 bridgehead atoms. The fourth-order valence-corrected chi connectivity index (χ4v) is 3.54. The molecule has 2 aliphatic rings. The van der Waals surface area contributed by atoms with E-state index in [1.165, 1.54) is 7.11 Å². The first-order chi connectivity index (χ1) is 15.8. The van der Waals surface area contributed by atoms with Crippen molar-refractivity contribution in [3.8, 4) is 11.5 Å². The fraction of sp³-hybridized carbons (Fsp3) is 0.619. The molecule has 2 heterocycles. The van der Waals surface area contributed by atoms with Gasteiger partial charge in [-0.3, -0.25) is 0 Å². The van der Waals surface area contributed by atoms with Crippen LogP contribution in [0, 0.1) is 0 Å². The van der Waals surface area contributed by atoms with Crippen LogP contribution < -0.4 is 9.47 Å². The summed E-state index contributed by atoms with van der Waals surface area (Å²) in [5.41, 5.74) is 0.721. The molecule has 1 aromatic carbocycles. The number of benzene rings is 1. The van der Waals surface area contributed by atoms with Crippen molar-refractivity contribution in [3.63, 3.8) is 0 Å². The molecule has 12 heteroatoms. The lowest BCUT2D eigenvalue weighted by molar-refractivity contribution is -0.290. The summed E-state index contributed by atoms with van der Waals surface area (Å²) >= 11 is 0. The van der Waals surface area contributed by atoms with E-state index in [9.17, 15) is 25.5 Å². The average molecular weight is 474 g/mol. The van der Waals surface area contributed by atoms with Crippen LogP contribution in [0.4, 0.5) is 0 Å². The van der Waals surface area contributed by atoms with Crippen molar-refractivity contribution in [2.24, 2.45) is 0 Å². The number of hydrogen-bond donors (Lipinski definition) is 7. The van der Waals surface area contributed by atoms with Gasteiger partial charge in [0.2, 0.25) is 6.29 Å². The molecule has 186 valence electrons. The fourth-order valence-electron chi connectivity index (χ4n) is 3.54. The van der Waals surface area contributed by atoms with Crippen molar-refractivity contribution in [2.45, 2.75) is 55.3 Å². The lowest BCUT2D eigenvalue weighted by Crippen LogP contribution is -2.60. The molecule has 3 rings (SSSR count). The Morgan fingerprint density at radius 2 is 1.52 bits per heavy atom. The Balaban J connectivity index is 1.67. The van der Waals surface area contributed by atoms with E-state index < -0.39 is 61.9 Å². The highest BCUT2D eigenvalue weighted by atomic mass is 16.7. The van der Waals surface area contributed by atoms with Crippen molar-refractivity contribution in [3.05, 3.63) is 29.8 Å². The van der Waals surface area contributed by atoms with Gasteiger partial charge in [0, 0.05) is 0 Å². The van der Waals surface area contributed by atoms with E-state index in [1.54, 1.807) is 30.4 Å². The van der Waals surface area contributed by atoms with Gasteiger partial charge in [-0.2, -0.15) is 0 Å². The van der Waals surface area contributed by atoms with Crippen molar-refractivity contribution in [1.29, 1.82) is 0 Å². The number of aliphatic hydroxyl groups excluding tert-OH is 7. The molecule has 9 atom stereocenters. The van der Waals surface area contributed by atoms with Crippen LogP contribution in [0.2, 0.25) is 0 Å². The number of aliphatic hydroxyl groups is 7. The van der Waals surface area contributed by atoms with Gasteiger partial charge in [-0.15, -0.1) is 0 Å². The molecule has 0 radical (unpaired) electrons. The van der Waals surface area contributed by atoms with Gasteiger partial charge in [-0.05, 0) is 17.7 Å². The van der Waals surface area contributed by atoms with Crippen LogP contribution in [0.25, 0.3) is 6.08 Å². The van der Waals surface area contributed by atoms with Gasteiger partial charge in [0.25, 0.3) is 0 Å². The molecule has 2 saturated heterocycles. The number of hydrogen-bond acceptors (Lipinski definition) is 12. The number of ether oxygens (including phenoxy) is 5. The summed E-state index contributed by atoms with van der Waals surface area (Å²) in [6.07, 6.45) is -9.31. The normalized spacial score (nSPS) is 36.9. The van der Waals surface area contributed by atoms with Gasteiger partial charge in [-0.25, -0.2) is 0 Å². The predicted octanol–water partition coefficient (Wildman–Crippen LogP) is -2.66. The first kappa shape index (κ1) is 25.8. The SMILES string of the molecule is COc1cc(C=CCO)ccc1O[C@H]1O[C@H](CO[C@@H]2O[C@H](CO)[C@@H](O)[C@H]2O)[C@@H](O)[C@H](O)[C@H]1O. The molecule has 0 amide bonds. The van der Waals surface area contributed by atoms with E-state index in [1.807, 2.05) is 0 Å². The topological polar surface area (TPSA) is 188 Å². The van der Waals surface area contributed by atoms with E-state index in [-0.39, 0.29) is 19.0 Å². The molecule has 2 fully saturated rings. The highest BCUT2D eigenvalue weighted by Crippen LogP contribution is 2.33. The summed E-state index contributed by atoms with van der Waals surface area (Å²) in [5.74, 6) is 0.486. The van der Waals surface area contributed by atoms with E-state index in [0.717, 1.165) is 5.56 Å². The second-order valence-corrected chi connectivity index (χ2v) is 7.67. The first-order valence-corrected chi connectivity index (χ1v) is 10.4. The molecular weight excluding hydrogens is 444 g/mol. The highest BCUT2D eigenvalue weighted by molar-refractivity contribution is 5.55. The quantitative estimate of drug-likeness (QED) is 0.197. The molecular formula is C21H30O12. The van der Waals surface area contributed by atoms with E-state index in [4.69, 9.17) is 33.9 Å². The Labute approximate surface area is 189 Å². The summed E-state index contributed by atoms with van der Waals surface area (Å²) in [6, 6.07) is 4.85. The molecule has 7 N–H and O–H groups in total. The van der Waals surface area contributed by atoms with Crippen LogP contribution in [-0.2, 0) is 14.2 Å². The average Bonchev–Trinajstić information content (AvgIpc) is 3.10. The molecule has 0 saturated carbocycles. The van der Waals surface area contributed by atoms with Gasteiger partial charge >= 0.3 is 0 Å². The van der Waals surface area contributed by atoms with Crippen LogP contribution >= 0.6 is 0 Å². The van der Waals surface area contributed by atoms with Gasteiger partial charge < -0.3 is 59.4 Å². The Kier molecular flexibility index (Phi) is 9.01. The molecule has 1 aromatic rings. The molecule has 2 aliphatic heterocycles. The van der Waals surface area contributed by atoms with Gasteiger partial charge in [0.15, 0.2) is 17.8 Å². The predicted molar refractivity (Wildman–Crippen MR) is 110 cm³/mol. The lowest BCUT2D eigenvalue weighted by Gasteiger charge is -2.40. The van der Waals surface area contributed by atoms with Crippen LogP contribution in [0.15, 0.2) is 24.3 Å². The third-order valence-electron chi connectivity index (χ3n) is 5.44. The second-order valence-electron chi connectivity index (χ2n) is 7.67. The summed E-state index contributed by atoms with van der Waals surface area (Å²) in [7, 11) is 1.41. The monoisotopic (exact) mass is 474 g/mol. The molecule has 0 unspecified atom stereocenters. The third-order valence-corrected chi connectivity index (χ3v) is 5.44. The Bertz CT molecular complexity index is 789. The smallest absolute Gasteiger partial charge is 0.229 e. The summed E-state index contributed by atoms with van der Waals surface area (Å²) in [4.78, 5) is 0. The van der Waals surface area contributed by atoms with Crippen molar-refractivity contribution >= 4 is 6.08 Å². The van der Waals surface area contributed by atoms with E-state index in [0.29, 0.717) is 5.75 Å². The number of rotatable bonds is 9. The van der Waals surface area contributed by atoms with Gasteiger partial charge in [0.05, 0.1) is 26.9 Å². The zero-order valence-corrected chi connectivity index (χ0v) is 17.9. The minimum absolute atomic E-state index is 0.130. The Morgan fingerprint density at radius 3 is 2.15 bits per heavy atom. The van der Waals surface area contributed by atoms with Crippen LogP contribution in [0.1, 0.15) is 5.56 Å². The maximum atomic E-state index is 10.3. The van der Waals surface area contributed by atoms with Crippen molar-refractivity contribution < 1.29 is 59.4 Å². The molecule has 33 heavy (non-hydrogen) atoms. The zero-order chi connectivity index (χ0) is 24.1. The molecule has 0 aliphatic carbocycles. The van der Waals surface area contributed by atoms with Crippen molar-refractivity contribution in [1.82, 2.24) is 0 Å². The van der Waals surface area contributed by atoms with E-state index >= 15 is 0 Å². The summed E-state index contributed by atoms with van der Waals surface area (Å²) in [5, 5.41) is 68.7. The van der Waals surface area contributed by atoms with Crippen LogP contribution in [-0.4, -0.2) is 118 Å². The van der Waals surface area contributed by atoms with Crippen LogP contribution in [0.3, 0.4) is 0 Å². The number of methoxy groups -OCH3 is 1. The highest BCUT2D eigenvalue weighted by Gasteiger charge is 2.47. The van der Waals surface area contributed by atoms with E-state index in [2.05, 4.69) is 0 Å². The minimum atomic E-state index is -1.64. The third kappa shape index (κ3) is 5.81. The zero-order valence-electron chi connectivity index (χ0n) is 17.9. The first-order valence-electron chi connectivity index (χ1n) is 10.4. The maximum absolute atomic E-state index is 10.3. The maximum Gasteiger partial charge on any atom is 0.229 e. The minimum Gasteiger partial charge on any atom is -0.493 e. The lowest BCUT2D eigenvalue weighted by atomic mass is 9.99. The second kappa shape index (κ2) is 11.5. The van der Waals surface area contributed by atoms with Gasteiger partial charge in [-0.1, -0.05) is 18.2 Å². The molecule has 0 spiro atoms. The summed E-state index contributed by atoms with van der Waals surface area (Å²) < 4.78 is 27.2. The Morgan fingerprint density at radius 1 is 0.848 bits per heavy atom.